The quantitative estimate of drug-likeness (QED) is 0.693. The Bertz CT molecular complexity index is 547. The maximum Gasteiger partial charge on any atom is 0.163 e. The van der Waals surface area contributed by atoms with Crippen LogP contribution in [0.25, 0.3) is 0 Å². The number of ketones is 1. The highest BCUT2D eigenvalue weighted by molar-refractivity contribution is 9.10. The summed E-state index contributed by atoms with van der Waals surface area (Å²) in [5, 5.41) is 0. The van der Waals surface area contributed by atoms with Crippen LogP contribution in [0.2, 0.25) is 0 Å². The average Bonchev–Trinajstić information content (AvgIpc) is 2.38. The van der Waals surface area contributed by atoms with Gasteiger partial charge >= 0.3 is 0 Å². The monoisotopic (exact) mass is 366 g/mol. The van der Waals surface area contributed by atoms with E-state index in [1.807, 2.05) is 48.5 Å². The lowest BCUT2D eigenvalue weighted by Crippen LogP contribution is -2.01. The lowest BCUT2D eigenvalue weighted by atomic mass is 10.0. The van der Waals surface area contributed by atoms with Crippen LogP contribution in [0.1, 0.15) is 22.3 Å². The third-order valence-corrected chi connectivity index (χ3v) is 3.72. The summed E-state index contributed by atoms with van der Waals surface area (Å²) in [6.45, 7) is 0. The normalized spacial score (nSPS) is 10.3. The number of hydrogen-bond donors (Lipinski definition) is 0. The number of benzene rings is 2. The van der Waals surface area contributed by atoms with Crippen LogP contribution in [-0.4, -0.2) is 5.78 Å². The zero-order valence-corrected chi connectivity index (χ0v) is 12.9. The highest BCUT2D eigenvalue weighted by atomic mass is 79.9. The van der Waals surface area contributed by atoms with Crippen LogP contribution in [-0.2, 0) is 6.42 Å². The first-order chi connectivity index (χ1) is 8.65. The summed E-state index contributed by atoms with van der Waals surface area (Å²) < 4.78 is 2.00. The molecule has 0 atom stereocenters. The highest BCUT2D eigenvalue weighted by Gasteiger charge is 2.06. The number of carbonyl (C=O) groups is 1. The first-order valence-electron chi connectivity index (χ1n) is 5.68. The van der Waals surface area contributed by atoms with E-state index in [4.69, 9.17) is 0 Å². The molecule has 0 aliphatic heterocycles. The molecule has 18 heavy (non-hydrogen) atoms. The molecule has 0 fully saturated rings. The van der Waals surface area contributed by atoms with Crippen molar-refractivity contribution in [3.8, 4) is 0 Å². The number of Topliss-reactive ketones (excluding diaryl/α,β-unsaturated/α-hetero) is 1. The van der Waals surface area contributed by atoms with Gasteiger partial charge in [0.2, 0.25) is 0 Å². The van der Waals surface area contributed by atoms with Crippen LogP contribution in [0.3, 0.4) is 0 Å². The second-order valence-corrected chi connectivity index (χ2v) is 5.89. The molecule has 0 bridgehead atoms. The van der Waals surface area contributed by atoms with Crippen molar-refractivity contribution in [2.75, 3.05) is 0 Å². The Labute approximate surface area is 123 Å². The van der Waals surface area contributed by atoms with Crippen LogP contribution in [0, 0.1) is 0 Å². The molecule has 3 heteroatoms. The number of rotatable bonds is 4. The summed E-state index contributed by atoms with van der Waals surface area (Å²) in [7, 11) is 0. The first-order valence-corrected chi connectivity index (χ1v) is 7.27. The van der Waals surface area contributed by atoms with Gasteiger partial charge in [-0.2, -0.15) is 0 Å². The third kappa shape index (κ3) is 3.79. The summed E-state index contributed by atoms with van der Waals surface area (Å²) >= 11 is 6.78. The van der Waals surface area contributed by atoms with Gasteiger partial charge < -0.3 is 0 Å². The van der Waals surface area contributed by atoms with Gasteiger partial charge in [-0.15, -0.1) is 0 Å². The van der Waals surface area contributed by atoms with E-state index < -0.39 is 0 Å². The molecular formula is C15H12Br2O. The Morgan fingerprint density at radius 1 is 0.944 bits per heavy atom. The summed E-state index contributed by atoms with van der Waals surface area (Å²) in [5.41, 5.74) is 1.95. The van der Waals surface area contributed by atoms with Crippen molar-refractivity contribution in [2.24, 2.45) is 0 Å². The van der Waals surface area contributed by atoms with Gasteiger partial charge in [-0.05, 0) is 36.2 Å². The Hall–Kier alpha value is -0.930. The molecule has 0 N–H and O–H groups in total. The zero-order chi connectivity index (χ0) is 13.0. The van der Waals surface area contributed by atoms with E-state index in [9.17, 15) is 4.79 Å². The Morgan fingerprint density at radius 3 is 2.33 bits per heavy atom. The molecular weight excluding hydrogens is 356 g/mol. The fraction of sp³-hybridized carbons (Fsp3) is 0.133. The zero-order valence-electron chi connectivity index (χ0n) is 9.70. The smallest absolute Gasteiger partial charge is 0.163 e. The average molecular weight is 368 g/mol. The molecule has 2 aromatic carbocycles. The molecule has 0 aliphatic rings. The fourth-order valence-electron chi connectivity index (χ4n) is 1.72. The van der Waals surface area contributed by atoms with Crippen LogP contribution in [0.5, 0.6) is 0 Å². The Kier molecular flexibility index (Phi) is 4.72. The van der Waals surface area contributed by atoms with Crippen molar-refractivity contribution in [3.05, 3.63) is 68.6 Å². The van der Waals surface area contributed by atoms with Crippen molar-refractivity contribution in [1.82, 2.24) is 0 Å². The first kappa shape index (κ1) is 13.5. The molecule has 0 aromatic heterocycles. The van der Waals surface area contributed by atoms with Gasteiger partial charge in [0.25, 0.3) is 0 Å². The van der Waals surface area contributed by atoms with Crippen LogP contribution >= 0.6 is 31.9 Å². The van der Waals surface area contributed by atoms with Crippen LogP contribution in [0.4, 0.5) is 0 Å². The summed E-state index contributed by atoms with van der Waals surface area (Å²) in [5.74, 6) is 0.180. The Morgan fingerprint density at radius 2 is 1.67 bits per heavy atom. The molecule has 2 aromatic rings. The van der Waals surface area contributed by atoms with Gasteiger partial charge in [-0.25, -0.2) is 0 Å². The molecule has 0 heterocycles. The summed E-state index contributed by atoms with van der Waals surface area (Å²) in [6, 6.07) is 15.6. The SMILES string of the molecule is O=C(CCc1ccc(Br)cc1)c1cccc(Br)c1. The van der Waals surface area contributed by atoms with Crippen LogP contribution in [0.15, 0.2) is 57.5 Å². The van der Waals surface area contributed by atoms with E-state index in [1.54, 1.807) is 0 Å². The number of hydrogen-bond acceptors (Lipinski definition) is 1. The minimum atomic E-state index is 0.180. The second kappa shape index (κ2) is 6.30. The summed E-state index contributed by atoms with van der Waals surface area (Å²) in [4.78, 5) is 12.0. The number of aryl methyl sites for hydroxylation is 1. The molecule has 0 saturated heterocycles. The van der Waals surface area contributed by atoms with Crippen LogP contribution < -0.4 is 0 Å². The van der Waals surface area contributed by atoms with Crippen molar-refractivity contribution in [1.29, 1.82) is 0 Å². The maximum atomic E-state index is 12.0. The van der Waals surface area contributed by atoms with Crippen molar-refractivity contribution in [3.63, 3.8) is 0 Å². The molecule has 1 nitrogen and oxygen atoms in total. The fourth-order valence-corrected chi connectivity index (χ4v) is 2.38. The predicted molar refractivity (Wildman–Crippen MR) is 80.9 cm³/mol. The van der Waals surface area contributed by atoms with E-state index in [0.29, 0.717) is 6.42 Å². The number of halogens is 2. The maximum absolute atomic E-state index is 12.0. The lowest BCUT2D eigenvalue weighted by molar-refractivity contribution is 0.0983. The van der Waals surface area contributed by atoms with Crippen molar-refractivity contribution < 1.29 is 4.79 Å². The van der Waals surface area contributed by atoms with Crippen molar-refractivity contribution in [2.45, 2.75) is 12.8 Å². The van der Waals surface area contributed by atoms with Gasteiger partial charge in [-0.1, -0.05) is 56.1 Å². The van der Waals surface area contributed by atoms with E-state index in [-0.39, 0.29) is 5.78 Å². The van der Waals surface area contributed by atoms with Gasteiger partial charge in [-0.3, -0.25) is 4.79 Å². The predicted octanol–water partition coefficient (Wildman–Crippen LogP) is 5.03. The molecule has 0 spiro atoms. The second-order valence-electron chi connectivity index (χ2n) is 4.06. The summed E-state index contributed by atoms with van der Waals surface area (Å²) in [6.07, 6.45) is 1.32. The van der Waals surface area contributed by atoms with Crippen molar-refractivity contribution >= 4 is 37.6 Å². The molecule has 0 aliphatic carbocycles. The topological polar surface area (TPSA) is 17.1 Å². The molecule has 0 amide bonds. The van der Waals surface area contributed by atoms with Gasteiger partial charge in [0.05, 0.1) is 0 Å². The number of carbonyl (C=O) groups excluding carboxylic acids is 1. The van der Waals surface area contributed by atoms with Gasteiger partial charge in [0.15, 0.2) is 5.78 Å². The third-order valence-electron chi connectivity index (χ3n) is 2.70. The largest absolute Gasteiger partial charge is 0.294 e. The molecule has 0 unspecified atom stereocenters. The van der Waals surface area contributed by atoms with E-state index in [0.717, 1.165) is 20.9 Å². The molecule has 0 radical (unpaired) electrons. The van der Waals surface area contributed by atoms with E-state index >= 15 is 0 Å². The lowest BCUT2D eigenvalue weighted by Gasteiger charge is -2.03. The van der Waals surface area contributed by atoms with Gasteiger partial charge in [0.1, 0.15) is 0 Å². The molecule has 0 saturated carbocycles. The standard InChI is InChI=1S/C15H12Br2O/c16-13-7-4-11(5-8-13)6-9-15(18)12-2-1-3-14(17)10-12/h1-5,7-8,10H,6,9H2. The Balaban J connectivity index is 1.98. The molecule has 92 valence electrons. The minimum absolute atomic E-state index is 0.180. The van der Waals surface area contributed by atoms with E-state index in [1.165, 1.54) is 5.56 Å². The molecule has 2 rings (SSSR count). The highest BCUT2D eigenvalue weighted by Crippen LogP contribution is 2.15. The van der Waals surface area contributed by atoms with Gasteiger partial charge in [0, 0.05) is 20.9 Å². The minimum Gasteiger partial charge on any atom is -0.294 e. The van der Waals surface area contributed by atoms with E-state index in [2.05, 4.69) is 31.9 Å².